The minimum absolute atomic E-state index is 0.109. The lowest BCUT2D eigenvalue weighted by Crippen LogP contribution is -2.18. The number of hydrogen-bond acceptors (Lipinski definition) is 19. The van der Waals surface area contributed by atoms with E-state index in [4.69, 9.17) is 89.1 Å². The lowest BCUT2D eigenvalue weighted by molar-refractivity contribution is 0.0587. The molecule has 0 aliphatic carbocycles. The van der Waals surface area contributed by atoms with Crippen LogP contribution < -0.4 is 14.2 Å². The number of methoxy groups -OCH3 is 2. The highest BCUT2D eigenvalue weighted by molar-refractivity contribution is 7.99. The molecule has 12 heterocycles. The van der Waals surface area contributed by atoms with Crippen LogP contribution in [0.2, 0.25) is 15.1 Å². The molecule has 31 heteroatoms. The van der Waals surface area contributed by atoms with Gasteiger partial charge in [0.05, 0.1) is 79.6 Å². The standard InChI is InChI=1S/C37H39ClN6O3S.C37H38ClN5O2S2.C36H36ClN5O2S2/c1-22-33-31-13-12-29(38)35(33)34-23(2)42(4)40-30(34)20-41(3)19-25-17-26(43(5)39-25)21-48-27-16-24-10-7-8-11-28(24)32(18-27)47-15-9-14-44(31)36(22)37(45)46-6;1-22-34-32-13-12-30(38)36(34)35-23(2)41(4)40-31(35)21-46-19-26-17-27(42(5)39-26)20-47-28-16-25-10-7-8-11-29(25)33(18-28)45-15-9-14-43(32)37(22)24(3)44-6;1-5-33(43)32-18-28-31-12-11-29(37)36(28)35-22(2)40(3)39-30(35)21-45-19-24-16-25(41(4)38-24)20-46-26-15-23-9-6-7-10-27(23)34(17-26)44-14-8-13-42(31)32/h7-8,10-13,16-18H,9,14-15,19-21H2,1-6H3;7-8,10-13,16-18H,3,9,14-15,19-21H2,1-2,4-6H3;6-7,9-12,15-18H,5,8,13-14,19-21H2,1-4H3. The first-order valence-electron chi connectivity index (χ1n) is 47.3. The molecular weight excluding hydrogens is 1920 g/mol. The van der Waals surface area contributed by atoms with Gasteiger partial charge in [-0.2, -0.15) is 30.6 Å². The molecule has 0 unspecified atom stereocenters. The summed E-state index contributed by atoms with van der Waals surface area (Å²) in [6, 6.07) is 59.0. The molecule has 726 valence electrons. The number of aryl methyl sites for hydroxylation is 11. The van der Waals surface area contributed by atoms with Crippen LogP contribution in [0.1, 0.15) is 139 Å². The molecule has 9 aromatic heterocycles. The number of halogens is 3. The van der Waals surface area contributed by atoms with Crippen molar-refractivity contribution in [2.24, 2.45) is 42.3 Å². The number of ketones is 1. The smallest absolute Gasteiger partial charge is 0.354 e. The average molecular weight is 2040 g/mol. The minimum atomic E-state index is -0.380. The zero-order valence-corrected chi connectivity index (χ0v) is 88.3. The van der Waals surface area contributed by atoms with Gasteiger partial charge in [-0.1, -0.05) is 121 Å². The van der Waals surface area contributed by atoms with E-state index in [9.17, 15) is 9.59 Å². The molecule has 3 aliphatic rings. The van der Waals surface area contributed by atoms with Gasteiger partial charge in [0, 0.05) is 268 Å². The zero-order valence-electron chi connectivity index (χ0n) is 82.0. The van der Waals surface area contributed by atoms with E-state index in [0.717, 1.165) is 248 Å². The molecule has 141 heavy (non-hydrogen) atoms. The van der Waals surface area contributed by atoms with Crippen LogP contribution in [0.25, 0.3) is 104 Å². The van der Waals surface area contributed by atoms with E-state index < -0.39 is 0 Å². The summed E-state index contributed by atoms with van der Waals surface area (Å²) in [4.78, 5) is 32.4. The predicted octanol–water partition coefficient (Wildman–Crippen LogP) is 26.0. The average Bonchev–Trinajstić information content (AvgIpc) is 1.57. The summed E-state index contributed by atoms with van der Waals surface area (Å²) >= 11 is 30.2. The number of carbonyl (C=O) groups excluding carboxylic acids is 2. The van der Waals surface area contributed by atoms with Gasteiger partial charge in [-0.15, -0.1) is 58.8 Å². The molecule has 9 aromatic carbocycles. The second kappa shape index (κ2) is 42.1. The van der Waals surface area contributed by atoms with Gasteiger partial charge in [0.2, 0.25) is 0 Å². The number of hydrogen-bond donors (Lipinski definition) is 0. The summed E-state index contributed by atoms with van der Waals surface area (Å²) in [5.41, 5.74) is 25.7. The first-order valence-corrected chi connectivity index (χ1v) is 53.7. The van der Waals surface area contributed by atoms with E-state index in [1.54, 1.807) is 42.4 Å². The SMILES string of the molecule is C=C(OC)c1c(C)c2c3c(Cl)ccc2n1CCCOc1cc(cc2ccccc12)SCc1cc(nn1C)CSCc1nn(C)c(C)c1-3.CCC(=O)c1cc2c3c(Cl)ccc2n1CCCOc1cc(cc2ccccc12)SCc1cc(nn1C)CSCc1nn(C)c(C)c1-3.COC(=O)c1c(C)c2c3c(Cl)ccc2n1CCCOc1cc(cc2ccccc12)SCc1cc(nn1C)CN(C)Cc1nn(C)c(C)c1-3. The van der Waals surface area contributed by atoms with Crippen molar-refractivity contribution < 1.29 is 33.3 Å². The van der Waals surface area contributed by atoms with Crippen molar-refractivity contribution in [3.05, 3.63) is 288 Å². The number of esters is 1. The molecule has 0 N–H and O–H groups in total. The molecule has 24 bridgehead atoms. The van der Waals surface area contributed by atoms with Crippen LogP contribution in [-0.4, -0.2) is 130 Å². The molecule has 0 fully saturated rings. The third-order valence-electron chi connectivity index (χ3n) is 27.2. The summed E-state index contributed by atoms with van der Waals surface area (Å²) < 4.78 is 48.9. The Kier molecular flexibility index (Phi) is 29.3. The van der Waals surface area contributed by atoms with Crippen molar-refractivity contribution in [3.63, 3.8) is 0 Å². The summed E-state index contributed by atoms with van der Waals surface area (Å²) in [5, 5.41) is 41.2. The van der Waals surface area contributed by atoms with Crippen molar-refractivity contribution in [1.82, 2.24) is 77.3 Å². The number of Topliss-reactive ketones (excluding diaryl/α,β-unsaturated/α-hetero) is 1. The van der Waals surface area contributed by atoms with E-state index >= 15 is 0 Å². The topological polar surface area (TPSA) is 205 Å². The molecule has 0 radical (unpaired) electrons. The van der Waals surface area contributed by atoms with E-state index in [1.807, 2.05) is 150 Å². The molecule has 0 saturated carbocycles. The number of nitrogens with zero attached hydrogens (tertiary/aromatic N) is 16. The molecule has 0 atom stereocenters. The first-order chi connectivity index (χ1) is 68.2. The Hall–Kier alpha value is -11.7. The first kappa shape index (κ1) is 98.1. The second-order valence-electron chi connectivity index (χ2n) is 36.2. The van der Waals surface area contributed by atoms with Crippen molar-refractivity contribution in [2.75, 3.05) is 41.1 Å². The Bertz CT molecular complexity index is 7920. The predicted molar refractivity (Wildman–Crippen MR) is 579 cm³/mol. The van der Waals surface area contributed by atoms with Gasteiger partial charge in [-0.25, -0.2) is 4.79 Å². The highest BCUT2D eigenvalue weighted by atomic mass is 35.5. The van der Waals surface area contributed by atoms with Crippen molar-refractivity contribution >= 4 is 176 Å². The number of rotatable bonds is 5. The number of aromatic nitrogens is 15. The molecule has 0 saturated heterocycles. The third kappa shape index (κ3) is 19.7. The van der Waals surface area contributed by atoms with Gasteiger partial charge < -0.3 is 37.4 Å². The lowest BCUT2D eigenvalue weighted by Gasteiger charge is -2.16. The molecule has 0 amide bonds. The van der Waals surface area contributed by atoms with Gasteiger partial charge in [0.1, 0.15) is 28.7 Å². The summed E-state index contributed by atoms with van der Waals surface area (Å²) in [5.74, 6) is 8.40. The fourth-order valence-corrected chi connectivity index (χ4v) is 25.4. The Morgan fingerprint density at radius 3 is 1.23 bits per heavy atom. The van der Waals surface area contributed by atoms with Crippen molar-refractivity contribution in [2.45, 2.75) is 155 Å². The Morgan fingerprint density at radius 2 is 0.787 bits per heavy atom. The Labute approximate surface area is 856 Å². The number of ether oxygens (including phenoxy) is 5. The van der Waals surface area contributed by atoms with Gasteiger partial charge in [0.25, 0.3) is 0 Å². The quantitative estimate of drug-likeness (QED) is 0.0892. The Balaban J connectivity index is 0.000000135. The zero-order chi connectivity index (χ0) is 98.5. The van der Waals surface area contributed by atoms with Gasteiger partial charge >= 0.3 is 5.97 Å². The molecular formula is C110H113Cl3N16O7S5. The normalized spacial score (nSPS) is 14.3. The van der Waals surface area contributed by atoms with E-state index in [-0.39, 0.29) is 11.8 Å². The van der Waals surface area contributed by atoms with Gasteiger partial charge in [0.15, 0.2) is 5.78 Å². The van der Waals surface area contributed by atoms with Gasteiger partial charge in [-0.05, 0) is 185 Å². The monoisotopic (exact) mass is 2030 g/mol. The molecule has 3 aliphatic heterocycles. The van der Waals surface area contributed by atoms with Crippen LogP contribution in [0.4, 0.5) is 0 Å². The maximum absolute atomic E-state index is 13.4. The van der Waals surface area contributed by atoms with Crippen LogP contribution in [0.15, 0.2) is 191 Å². The molecule has 0 spiro atoms. The second-order valence-corrected chi connectivity index (χ2v) is 42.6. The number of fused-ring (bicyclic) bond motifs is 24. The van der Waals surface area contributed by atoms with Gasteiger partial charge in [-0.3, -0.25) is 37.8 Å². The highest BCUT2D eigenvalue weighted by Crippen LogP contribution is 2.49. The summed E-state index contributed by atoms with van der Waals surface area (Å²) in [6.45, 7) is 21.3. The van der Waals surface area contributed by atoms with Crippen molar-refractivity contribution in [1.29, 1.82) is 0 Å². The van der Waals surface area contributed by atoms with Crippen LogP contribution in [0.5, 0.6) is 17.2 Å². The fourth-order valence-electron chi connectivity index (χ4n) is 20.0. The molecule has 23 nitrogen and oxygen atoms in total. The Morgan fingerprint density at radius 1 is 0.397 bits per heavy atom. The fraction of sp³-hybridized carbons (Fsp3) is 0.309. The van der Waals surface area contributed by atoms with Crippen molar-refractivity contribution in [3.8, 4) is 50.6 Å². The maximum Gasteiger partial charge on any atom is 0.354 e. The maximum atomic E-state index is 13.4. The van der Waals surface area contributed by atoms with E-state index in [2.05, 4.69) is 187 Å². The molecule has 21 rings (SSSR count). The lowest BCUT2D eigenvalue weighted by atomic mass is 9.96. The third-order valence-corrected chi connectivity index (χ3v) is 33.1. The van der Waals surface area contributed by atoms with E-state index in [1.165, 1.54) is 28.8 Å². The van der Waals surface area contributed by atoms with Crippen LogP contribution in [0, 0.1) is 34.6 Å². The summed E-state index contributed by atoms with van der Waals surface area (Å²) in [7, 11) is 17.2. The van der Waals surface area contributed by atoms with E-state index in [0.29, 0.717) is 96.8 Å². The summed E-state index contributed by atoms with van der Waals surface area (Å²) in [6.07, 6.45) is 2.64. The highest BCUT2D eigenvalue weighted by Gasteiger charge is 2.33. The number of benzene rings is 9. The molecule has 18 aromatic rings. The number of thioether (sulfide) groups is 5. The minimum Gasteiger partial charge on any atom is -0.495 e. The van der Waals surface area contributed by atoms with Crippen LogP contribution in [0.3, 0.4) is 0 Å². The largest absolute Gasteiger partial charge is 0.495 e. The number of carbonyl (C=O) groups is 2. The van der Waals surface area contributed by atoms with Crippen LogP contribution >= 0.6 is 93.6 Å². The van der Waals surface area contributed by atoms with Crippen LogP contribution in [-0.2, 0) is 125 Å².